The third kappa shape index (κ3) is 5.36. The third-order valence-corrected chi connectivity index (χ3v) is 1.43. The molecule has 0 fully saturated rings. The van der Waals surface area contributed by atoms with E-state index in [1.807, 2.05) is 13.0 Å². The van der Waals surface area contributed by atoms with Crippen LogP contribution in [0.2, 0.25) is 0 Å². The average molecular weight is 207 g/mol. The summed E-state index contributed by atoms with van der Waals surface area (Å²) in [5.74, 6) is -0.313. The average Bonchev–Trinajstić information content (AvgIpc) is 2.18. The van der Waals surface area contributed by atoms with Gasteiger partial charge in [-0.1, -0.05) is 36.0 Å². The molecule has 0 heterocycles. The van der Waals surface area contributed by atoms with E-state index in [-0.39, 0.29) is 18.0 Å². The van der Waals surface area contributed by atoms with Crippen molar-refractivity contribution >= 4 is 18.0 Å². The Kier molecular flexibility index (Phi) is 6.46. The topological polar surface area (TPSA) is 55.7 Å². The van der Waals surface area contributed by atoms with E-state index in [9.17, 15) is 9.59 Å². The normalized spacial score (nSPS) is 12.0. The number of oxime groups is 1. The summed E-state index contributed by atoms with van der Waals surface area (Å²) in [5.41, 5.74) is 0.422. The van der Waals surface area contributed by atoms with E-state index in [0.29, 0.717) is 5.57 Å². The van der Waals surface area contributed by atoms with Crippen molar-refractivity contribution in [2.75, 3.05) is 0 Å². The van der Waals surface area contributed by atoms with E-state index in [2.05, 4.69) is 16.6 Å². The van der Waals surface area contributed by atoms with Crippen molar-refractivity contribution in [2.24, 2.45) is 5.16 Å². The van der Waals surface area contributed by atoms with Crippen LogP contribution in [0, 0.1) is 0 Å². The minimum Gasteiger partial charge on any atom is -0.321 e. The first-order valence-corrected chi connectivity index (χ1v) is 4.30. The van der Waals surface area contributed by atoms with Gasteiger partial charge >= 0.3 is 6.47 Å². The highest BCUT2D eigenvalue weighted by Gasteiger charge is 2.08. The van der Waals surface area contributed by atoms with Crippen molar-refractivity contribution in [3.8, 4) is 0 Å². The largest absolute Gasteiger partial charge is 0.323 e. The second-order valence-corrected chi connectivity index (χ2v) is 2.61. The van der Waals surface area contributed by atoms with E-state index in [0.717, 1.165) is 0 Å². The number of Topliss-reactive ketones (excluding diaryl/α,β-unsaturated/α-hetero) is 1. The number of ketones is 1. The Morgan fingerprint density at radius 2 is 2.07 bits per heavy atom. The number of hydrogen-bond acceptors (Lipinski definition) is 4. The summed E-state index contributed by atoms with van der Waals surface area (Å²) in [6.45, 7) is 6.96. The van der Waals surface area contributed by atoms with Crippen LogP contribution in [0.1, 0.15) is 13.8 Å². The van der Waals surface area contributed by atoms with Crippen molar-refractivity contribution in [1.29, 1.82) is 0 Å². The molecule has 0 atom stereocenters. The zero-order chi connectivity index (χ0) is 11.7. The van der Waals surface area contributed by atoms with Gasteiger partial charge in [0.05, 0.1) is 0 Å². The fourth-order valence-corrected chi connectivity index (χ4v) is 0.785. The lowest BCUT2D eigenvalue weighted by Crippen LogP contribution is -2.11. The SMILES string of the molecule is C=C(/C=C\C=C/C)/C(=N/OC=O)C(C)=O. The molecule has 4 heteroatoms. The molecule has 0 aliphatic heterocycles. The first kappa shape index (κ1) is 13.0. The molecule has 0 rings (SSSR count). The first-order valence-electron chi connectivity index (χ1n) is 4.30. The molecule has 0 aromatic heterocycles. The van der Waals surface area contributed by atoms with E-state index < -0.39 is 0 Å². The second-order valence-electron chi connectivity index (χ2n) is 2.61. The molecule has 0 spiro atoms. The van der Waals surface area contributed by atoms with Gasteiger partial charge in [-0.2, -0.15) is 0 Å². The quantitative estimate of drug-likeness (QED) is 0.219. The Bertz CT molecular complexity index is 338. The summed E-state index contributed by atoms with van der Waals surface area (Å²) >= 11 is 0. The van der Waals surface area contributed by atoms with Gasteiger partial charge in [-0.3, -0.25) is 9.59 Å². The maximum atomic E-state index is 11.1. The second kappa shape index (κ2) is 7.44. The summed E-state index contributed by atoms with van der Waals surface area (Å²) in [7, 11) is 0. The van der Waals surface area contributed by atoms with Crippen LogP contribution in [0.25, 0.3) is 0 Å². The lowest BCUT2D eigenvalue weighted by molar-refractivity contribution is -0.128. The van der Waals surface area contributed by atoms with Crippen molar-refractivity contribution in [2.45, 2.75) is 13.8 Å². The number of carbonyl (C=O) groups excluding carboxylic acids is 2. The van der Waals surface area contributed by atoms with Crippen LogP contribution in [-0.4, -0.2) is 18.0 Å². The van der Waals surface area contributed by atoms with Gasteiger partial charge in [0.1, 0.15) is 0 Å². The number of carbonyl (C=O) groups is 2. The van der Waals surface area contributed by atoms with Crippen LogP contribution in [0.5, 0.6) is 0 Å². The summed E-state index contributed by atoms with van der Waals surface area (Å²) in [6.07, 6.45) is 6.93. The minimum absolute atomic E-state index is 0.0304. The minimum atomic E-state index is -0.313. The van der Waals surface area contributed by atoms with Gasteiger partial charge in [-0.25, -0.2) is 0 Å². The number of allylic oxidation sites excluding steroid dienone is 5. The molecule has 80 valence electrons. The summed E-state index contributed by atoms with van der Waals surface area (Å²) < 4.78 is 0. The fraction of sp³-hybridized carbons (Fsp3) is 0.182. The van der Waals surface area contributed by atoms with E-state index in [4.69, 9.17) is 0 Å². The number of hydrogen-bond donors (Lipinski definition) is 0. The molecule has 0 bridgehead atoms. The maximum Gasteiger partial charge on any atom is 0.323 e. The van der Waals surface area contributed by atoms with Gasteiger partial charge in [0.2, 0.25) is 0 Å². The van der Waals surface area contributed by atoms with Gasteiger partial charge < -0.3 is 4.84 Å². The van der Waals surface area contributed by atoms with Crippen LogP contribution in [0.4, 0.5) is 0 Å². The van der Waals surface area contributed by atoms with Crippen molar-refractivity contribution in [1.82, 2.24) is 0 Å². The Hall–Kier alpha value is -1.97. The maximum absolute atomic E-state index is 11.1. The first-order chi connectivity index (χ1) is 7.13. The lowest BCUT2D eigenvalue weighted by Gasteiger charge is -1.98. The Balaban J connectivity index is 4.71. The highest BCUT2D eigenvalue weighted by atomic mass is 16.7. The van der Waals surface area contributed by atoms with Crippen molar-refractivity contribution in [3.63, 3.8) is 0 Å². The highest BCUT2D eigenvalue weighted by Crippen LogP contribution is 2.00. The number of nitrogens with zero attached hydrogens (tertiary/aromatic N) is 1. The predicted octanol–water partition coefficient (Wildman–Crippen LogP) is 1.79. The van der Waals surface area contributed by atoms with Crippen LogP contribution >= 0.6 is 0 Å². The predicted molar refractivity (Wildman–Crippen MR) is 58.4 cm³/mol. The Labute approximate surface area is 88.6 Å². The molecule has 0 aromatic carbocycles. The van der Waals surface area contributed by atoms with Crippen LogP contribution in [-0.2, 0) is 14.4 Å². The molecule has 0 saturated carbocycles. The molecule has 0 radical (unpaired) electrons. The molecule has 0 aliphatic carbocycles. The molecule has 0 aliphatic rings. The summed E-state index contributed by atoms with van der Waals surface area (Å²) in [4.78, 5) is 25.2. The molecule has 0 N–H and O–H groups in total. The van der Waals surface area contributed by atoms with Gasteiger partial charge in [0.25, 0.3) is 0 Å². The zero-order valence-electron chi connectivity index (χ0n) is 8.77. The number of rotatable bonds is 6. The van der Waals surface area contributed by atoms with Crippen molar-refractivity contribution < 1.29 is 14.4 Å². The Morgan fingerprint density at radius 3 is 2.53 bits per heavy atom. The lowest BCUT2D eigenvalue weighted by atomic mass is 10.1. The smallest absolute Gasteiger partial charge is 0.321 e. The molecular weight excluding hydrogens is 194 g/mol. The van der Waals surface area contributed by atoms with Crippen LogP contribution < -0.4 is 0 Å². The van der Waals surface area contributed by atoms with E-state index >= 15 is 0 Å². The zero-order valence-corrected chi connectivity index (χ0v) is 8.77. The Morgan fingerprint density at radius 1 is 1.40 bits per heavy atom. The summed E-state index contributed by atoms with van der Waals surface area (Å²) in [5, 5.41) is 3.34. The van der Waals surface area contributed by atoms with Crippen LogP contribution in [0.3, 0.4) is 0 Å². The van der Waals surface area contributed by atoms with E-state index in [1.54, 1.807) is 18.2 Å². The summed E-state index contributed by atoms with van der Waals surface area (Å²) in [6, 6.07) is 0. The van der Waals surface area contributed by atoms with Crippen LogP contribution in [0.15, 0.2) is 41.6 Å². The molecular formula is C11H13NO3. The van der Waals surface area contributed by atoms with Gasteiger partial charge in [0.15, 0.2) is 11.5 Å². The van der Waals surface area contributed by atoms with Crippen molar-refractivity contribution in [3.05, 3.63) is 36.5 Å². The molecule has 4 nitrogen and oxygen atoms in total. The monoisotopic (exact) mass is 207 g/mol. The van der Waals surface area contributed by atoms with Gasteiger partial charge in [-0.05, 0) is 6.92 Å². The van der Waals surface area contributed by atoms with E-state index in [1.165, 1.54) is 6.92 Å². The standard InChI is InChI=1S/C11H13NO3/c1-4-5-6-7-9(2)11(10(3)14)12-15-8-13/h4-8H,2H2,1,3H3/b5-4-,7-6-,12-11-. The third-order valence-electron chi connectivity index (χ3n) is 1.43. The molecule has 0 aromatic rings. The highest BCUT2D eigenvalue weighted by molar-refractivity contribution is 6.45. The molecule has 0 amide bonds. The molecule has 0 unspecified atom stereocenters. The fourth-order valence-electron chi connectivity index (χ4n) is 0.785. The van der Waals surface area contributed by atoms with Gasteiger partial charge in [0, 0.05) is 12.5 Å². The molecule has 0 saturated heterocycles. The van der Waals surface area contributed by atoms with Gasteiger partial charge in [-0.15, -0.1) is 0 Å². The molecule has 15 heavy (non-hydrogen) atoms.